The number of hydrogen-bond acceptors (Lipinski definition) is 5. The second kappa shape index (κ2) is 7.56. The Labute approximate surface area is 97.7 Å². The van der Waals surface area contributed by atoms with Gasteiger partial charge in [0.2, 0.25) is 0 Å². The van der Waals surface area contributed by atoms with Gasteiger partial charge in [-0.25, -0.2) is 4.79 Å². The molecule has 94 valence electrons. The van der Waals surface area contributed by atoms with E-state index in [9.17, 15) is 4.79 Å². The van der Waals surface area contributed by atoms with Crippen molar-refractivity contribution in [3.8, 4) is 0 Å². The van der Waals surface area contributed by atoms with Gasteiger partial charge in [0.1, 0.15) is 0 Å². The maximum absolute atomic E-state index is 11.5. The SMILES string of the molecule is C=C(C[Si](OC)(OC)OC)C(=O)OCCC. The zero-order valence-corrected chi connectivity index (χ0v) is 11.4. The summed E-state index contributed by atoms with van der Waals surface area (Å²) in [5.41, 5.74) is 0.311. The fraction of sp³-hybridized carbons (Fsp3) is 0.700. The number of carbonyl (C=O) groups is 1. The molecule has 0 aromatic carbocycles. The van der Waals surface area contributed by atoms with E-state index in [1.54, 1.807) is 0 Å². The van der Waals surface area contributed by atoms with Crippen LogP contribution in [0.2, 0.25) is 6.04 Å². The Morgan fingerprint density at radius 2 is 1.69 bits per heavy atom. The van der Waals surface area contributed by atoms with E-state index in [1.165, 1.54) is 21.3 Å². The molecule has 0 saturated carbocycles. The molecule has 0 aliphatic heterocycles. The van der Waals surface area contributed by atoms with Crippen LogP contribution in [0.3, 0.4) is 0 Å². The average molecular weight is 248 g/mol. The molecule has 0 amide bonds. The molecule has 0 bridgehead atoms. The van der Waals surface area contributed by atoms with Crippen molar-refractivity contribution in [1.29, 1.82) is 0 Å². The van der Waals surface area contributed by atoms with Gasteiger partial charge in [-0.15, -0.1) is 0 Å². The summed E-state index contributed by atoms with van der Waals surface area (Å²) >= 11 is 0. The van der Waals surface area contributed by atoms with Crippen molar-refractivity contribution in [3.05, 3.63) is 12.2 Å². The van der Waals surface area contributed by atoms with Gasteiger partial charge in [0.25, 0.3) is 0 Å². The van der Waals surface area contributed by atoms with Gasteiger partial charge in [0.15, 0.2) is 0 Å². The minimum atomic E-state index is -2.78. The molecule has 0 spiro atoms. The Kier molecular flexibility index (Phi) is 7.23. The van der Waals surface area contributed by atoms with E-state index >= 15 is 0 Å². The summed E-state index contributed by atoms with van der Waals surface area (Å²) in [4.78, 5) is 11.5. The van der Waals surface area contributed by atoms with Crippen LogP contribution in [0.5, 0.6) is 0 Å². The van der Waals surface area contributed by atoms with E-state index in [0.717, 1.165) is 6.42 Å². The first kappa shape index (κ1) is 15.3. The first-order valence-electron chi connectivity index (χ1n) is 5.05. The minimum Gasteiger partial charge on any atom is -0.462 e. The van der Waals surface area contributed by atoms with E-state index in [1.807, 2.05) is 6.92 Å². The van der Waals surface area contributed by atoms with Crippen LogP contribution >= 0.6 is 0 Å². The Morgan fingerprint density at radius 3 is 2.06 bits per heavy atom. The maximum Gasteiger partial charge on any atom is 0.504 e. The van der Waals surface area contributed by atoms with Gasteiger partial charge < -0.3 is 18.0 Å². The van der Waals surface area contributed by atoms with Crippen molar-refractivity contribution < 1.29 is 22.8 Å². The zero-order chi connectivity index (χ0) is 12.6. The van der Waals surface area contributed by atoms with E-state index in [4.69, 9.17) is 18.0 Å². The number of esters is 1. The summed E-state index contributed by atoms with van der Waals surface area (Å²) in [6.07, 6.45) is 0.778. The van der Waals surface area contributed by atoms with Crippen LogP contribution in [-0.2, 0) is 22.8 Å². The Bertz CT molecular complexity index is 229. The normalized spacial score (nSPS) is 11.2. The first-order chi connectivity index (χ1) is 7.55. The van der Waals surface area contributed by atoms with Crippen LogP contribution in [0.25, 0.3) is 0 Å². The third-order valence-electron chi connectivity index (χ3n) is 2.09. The lowest BCUT2D eigenvalue weighted by Gasteiger charge is -2.24. The van der Waals surface area contributed by atoms with Crippen LogP contribution in [0.1, 0.15) is 13.3 Å². The summed E-state index contributed by atoms with van der Waals surface area (Å²) in [5.74, 6) is -0.426. The molecule has 0 unspecified atom stereocenters. The van der Waals surface area contributed by atoms with Gasteiger partial charge >= 0.3 is 14.8 Å². The molecule has 0 aliphatic rings. The Balaban J connectivity index is 4.34. The van der Waals surface area contributed by atoms with Crippen LogP contribution in [0.4, 0.5) is 0 Å². The minimum absolute atomic E-state index is 0.235. The number of hydrogen-bond donors (Lipinski definition) is 0. The van der Waals surface area contributed by atoms with Crippen molar-refractivity contribution in [3.63, 3.8) is 0 Å². The topological polar surface area (TPSA) is 54.0 Å². The molecule has 0 fully saturated rings. The van der Waals surface area contributed by atoms with Gasteiger partial charge in [-0.05, 0) is 6.42 Å². The fourth-order valence-electron chi connectivity index (χ4n) is 1.10. The summed E-state index contributed by atoms with van der Waals surface area (Å²) in [5, 5.41) is 0. The molecule has 0 N–H and O–H groups in total. The summed E-state index contributed by atoms with van der Waals surface area (Å²) < 4.78 is 20.5. The van der Waals surface area contributed by atoms with Crippen molar-refractivity contribution >= 4 is 14.8 Å². The summed E-state index contributed by atoms with van der Waals surface area (Å²) in [7, 11) is 1.69. The van der Waals surface area contributed by atoms with Gasteiger partial charge in [0, 0.05) is 32.9 Å². The smallest absolute Gasteiger partial charge is 0.462 e. The molecular weight excluding hydrogens is 228 g/mol. The molecule has 0 saturated heterocycles. The molecule has 0 rings (SSSR count). The van der Waals surface area contributed by atoms with Crippen molar-refractivity contribution in [2.45, 2.75) is 19.4 Å². The van der Waals surface area contributed by atoms with Crippen molar-refractivity contribution in [2.24, 2.45) is 0 Å². The highest BCUT2D eigenvalue weighted by atomic mass is 28.4. The molecule has 16 heavy (non-hydrogen) atoms. The maximum atomic E-state index is 11.5. The molecule has 0 atom stereocenters. The van der Waals surface area contributed by atoms with Crippen LogP contribution in [0, 0.1) is 0 Å². The van der Waals surface area contributed by atoms with E-state index in [2.05, 4.69) is 6.58 Å². The van der Waals surface area contributed by atoms with E-state index < -0.39 is 14.8 Å². The van der Waals surface area contributed by atoms with Gasteiger partial charge in [-0.2, -0.15) is 0 Å². The predicted molar refractivity (Wildman–Crippen MR) is 62.0 cm³/mol. The molecule has 0 aromatic rings. The third-order valence-corrected chi connectivity index (χ3v) is 4.81. The largest absolute Gasteiger partial charge is 0.504 e. The first-order valence-corrected chi connectivity index (χ1v) is 6.98. The summed E-state index contributed by atoms with van der Waals surface area (Å²) in [6, 6.07) is 0.235. The Hall–Kier alpha value is -0.693. The standard InChI is InChI=1S/C10H20O5Si/c1-6-7-15-10(11)9(2)8-16(12-3,13-4)14-5/h2,6-8H2,1,3-5H3. The molecule has 0 aromatic heterocycles. The highest BCUT2D eigenvalue weighted by molar-refractivity contribution is 6.61. The fourth-order valence-corrected chi connectivity index (χ4v) is 2.70. The molecular formula is C10H20O5Si. The van der Waals surface area contributed by atoms with Gasteiger partial charge in [0.05, 0.1) is 6.61 Å². The molecule has 0 aliphatic carbocycles. The highest BCUT2D eigenvalue weighted by Gasteiger charge is 2.40. The second-order valence-corrected chi connectivity index (χ2v) is 6.16. The molecule has 0 radical (unpaired) electrons. The quantitative estimate of drug-likeness (QED) is 0.369. The molecule has 0 heterocycles. The molecule has 6 heteroatoms. The van der Waals surface area contributed by atoms with E-state index in [0.29, 0.717) is 12.2 Å². The Morgan fingerprint density at radius 1 is 1.19 bits per heavy atom. The monoisotopic (exact) mass is 248 g/mol. The van der Waals surface area contributed by atoms with E-state index in [-0.39, 0.29) is 6.04 Å². The number of rotatable bonds is 8. The zero-order valence-electron chi connectivity index (χ0n) is 10.4. The van der Waals surface area contributed by atoms with Crippen LogP contribution in [-0.4, -0.2) is 42.7 Å². The summed E-state index contributed by atoms with van der Waals surface area (Å²) in [6.45, 7) is 5.97. The second-order valence-electron chi connectivity index (χ2n) is 3.21. The number of ether oxygens (including phenoxy) is 1. The third kappa shape index (κ3) is 4.44. The van der Waals surface area contributed by atoms with Crippen LogP contribution < -0.4 is 0 Å². The van der Waals surface area contributed by atoms with Crippen LogP contribution in [0.15, 0.2) is 12.2 Å². The molecule has 5 nitrogen and oxygen atoms in total. The lowest BCUT2D eigenvalue weighted by Crippen LogP contribution is -2.43. The van der Waals surface area contributed by atoms with Gasteiger partial charge in [-0.3, -0.25) is 0 Å². The lowest BCUT2D eigenvalue weighted by molar-refractivity contribution is -0.139. The highest BCUT2D eigenvalue weighted by Crippen LogP contribution is 2.18. The van der Waals surface area contributed by atoms with Crippen molar-refractivity contribution in [2.75, 3.05) is 27.9 Å². The van der Waals surface area contributed by atoms with Crippen molar-refractivity contribution in [1.82, 2.24) is 0 Å². The lowest BCUT2D eigenvalue weighted by atomic mass is 10.3. The average Bonchev–Trinajstić information content (AvgIpc) is 2.32. The van der Waals surface area contributed by atoms with Gasteiger partial charge in [-0.1, -0.05) is 13.5 Å². The number of carbonyl (C=O) groups excluding carboxylic acids is 1. The predicted octanol–water partition coefficient (Wildman–Crippen LogP) is 1.37.